The number of ether oxygens (including phenoxy) is 1. The van der Waals surface area contributed by atoms with Gasteiger partial charge >= 0.3 is 0 Å². The quantitative estimate of drug-likeness (QED) is 0.743. The van der Waals surface area contributed by atoms with Crippen molar-refractivity contribution in [3.8, 4) is 5.75 Å². The first-order valence-corrected chi connectivity index (χ1v) is 11.5. The van der Waals surface area contributed by atoms with Gasteiger partial charge in [0.25, 0.3) is 5.91 Å². The molecular weight excluding hydrogens is 396 g/mol. The van der Waals surface area contributed by atoms with Gasteiger partial charge in [0, 0.05) is 35.9 Å². The lowest BCUT2D eigenvalue weighted by molar-refractivity contribution is -0.134. The molecule has 1 aliphatic rings. The van der Waals surface area contributed by atoms with Crippen LogP contribution in [0.3, 0.4) is 0 Å². The second kappa shape index (κ2) is 8.23. The van der Waals surface area contributed by atoms with Crippen LogP contribution in [-0.2, 0) is 14.8 Å². The Hall–Kier alpha value is -1.90. The zero-order valence-corrected chi connectivity index (χ0v) is 18.3. The maximum Gasteiger partial charge on any atom is 0.260 e. The van der Waals surface area contributed by atoms with Crippen molar-refractivity contribution in [2.75, 3.05) is 32.8 Å². The van der Waals surface area contributed by atoms with Gasteiger partial charge < -0.3 is 9.64 Å². The molecule has 2 aromatic rings. The number of piperazine rings is 1. The summed E-state index contributed by atoms with van der Waals surface area (Å²) in [5, 5.41) is 0. The molecule has 2 heterocycles. The zero-order valence-electron chi connectivity index (χ0n) is 16.7. The van der Waals surface area contributed by atoms with Crippen molar-refractivity contribution in [3.63, 3.8) is 0 Å². The second-order valence-electron chi connectivity index (χ2n) is 7.10. The van der Waals surface area contributed by atoms with Crippen molar-refractivity contribution in [3.05, 3.63) is 45.1 Å². The number of benzene rings is 1. The molecule has 28 heavy (non-hydrogen) atoms. The molecular formula is C20H26N2O4S2. The number of rotatable bonds is 5. The largest absolute Gasteiger partial charge is 0.484 e. The normalized spacial score (nSPS) is 15.6. The Bertz CT molecular complexity index is 974. The highest BCUT2D eigenvalue weighted by Gasteiger charge is 2.31. The van der Waals surface area contributed by atoms with Crippen LogP contribution in [0.2, 0.25) is 0 Å². The van der Waals surface area contributed by atoms with E-state index >= 15 is 0 Å². The van der Waals surface area contributed by atoms with Gasteiger partial charge in [0.15, 0.2) is 6.61 Å². The molecule has 0 unspecified atom stereocenters. The lowest BCUT2D eigenvalue weighted by Gasteiger charge is -2.33. The van der Waals surface area contributed by atoms with E-state index < -0.39 is 10.0 Å². The lowest BCUT2D eigenvalue weighted by atomic mass is 10.1. The van der Waals surface area contributed by atoms with Gasteiger partial charge in [0.05, 0.1) is 4.90 Å². The molecule has 1 aromatic carbocycles. The summed E-state index contributed by atoms with van der Waals surface area (Å²) in [6.07, 6.45) is 0. The summed E-state index contributed by atoms with van der Waals surface area (Å²) in [7, 11) is -3.51. The third-order valence-electron chi connectivity index (χ3n) is 5.05. The van der Waals surface area contributed by atoms with Gasteiger partial charge in [-0.1, -0.05) is 6.07 Å². The first-order valence-electron chi connectivity index (χ1n) is 9.23. The molecule has 0 atom stereocenters. The van der Waals surface area contributed by atoms with Crippen LogP contribution in [0.4, 0.5) is 0 Å². The summed E-state index contributed by atoms with van der Waals surface area (Å²) < 4.78 is 32.8. The molecule has 1 amide bonds. The number of hydrogen-bond donors (Lipinski definition) is 0. The Balaban J connectivity index is 1.56. The van der Waals surface area contributed by atoms with Crippen molar-refractivity contribution in [2.24, 2.45) is 0 Å². The number of thiophene rings is 1. The summed E-state index contributed by atoms with van der Waals surface area (Å²) >= 11 is 1.48. The standard InChI is InChI=1S/C20H26N2O4S2/c1-14-5-6-18(11-15(14)2)26-13-20(23)21-7-9-22(10-8-21)28(24,25)19-12-16(3)27-17(19)4/h5-6,11-12H,7-10,13H2,1-4H3. The Morgan fingerprint density at radius 2 is 1.71 bits per heavy atom. The predicted octanol–water partition coefficient (Wildman–Crippen LogP) is 2.89. The number of hydrogen-bond acceptors (Lipinski definition) is 5. The minimum absolute atomic E-state index is 0.0436. The van der Waals surface area contributed by atoms with E-state index in [4.69, 9.17) is 4.74 Å². The van der Waals surface area contributed by atoms with E-state index in [-0.39, 0.29) is 12.5 Å². The summed E-state index contributed by atoms with van der Waals surface area (Å²) in [6.45, 7) is 9.05. The molecule has 1 aliphatic heterocycles. The van der Waals surface area contributed by atoms with Gasteiger partial charge in [-0.05, 0) is 57.0 Å². The highest BCUT2D eigenvalue weighted by molar-refractivity contribution is 7.89. The van der Waals surface area contributed by atoms with Gasteiger partial charge in [0.2, 0.25) is 10.0 Å². The van der Waals surface area contributed by atoms with E-state index in [1.165, 1.54) is 21.2 Å². The topological polar surface area (TPSA) is 66.9 Å². The SMILES string of the molecule is Cc1cc(S(=O)(=O)N2CCN(C(=O)COc3ccc(C)c(C)c3)CC2)c(C)s1. The monoisotopic (exact) mass is 422 g/mol. The van der Waals surface area contributed by atoms with Crippen LogP contribution in [0.5, 0.6) is 5.75 Å². The Morgan fingerprint density at radius 3 is 2.29 bits per heavy atom. The first-order chi connectivity index (χ1) is 13.2. The molecule has 0 radical (unpaired) electrons. The van der Waals surface area contributed by atoms with Crippen LogP contribution >= 0.6 is 11.3 Å². The van der Waals surface area contributed by atoms with Crippen LogP contribution in [0.25, 0.3) is 0 Å². The van der Waals surface area contributed by atoms with Crippen molar-refractivity contribution >= 4 is 27.3 Å². The number of carbonyl (C=O) groups is 1. The third kappa shape index (κ3) is 4.39. The second-order valence-corrected chi connectivity index (χ2v) is 10.5. The third-order valence-corrected chi connectivity index (χ3v) is 8.17. The number of carbonyl (C=O) groups excluding carboxylic acids is 1. The predicted molar refractivity (Wildman–Crippen MR) is 111 cm³/mol. The van der Waals surface area contributed by atoms with Gasteiger partial charge in [-0.3, -0.25) is 4.79 Å². The van der Waals surface area contributed by atoms with Crippen LogP contribution in [0.1, 0.15) is 20.9 Å². The average Bonchev–Trinajstić information content (AvgIpc) is 3.01. The van der Waals surface area contributed by atoms with Crippen LogP contribution in [-0.4, -0.2) is 56.3 Å². The molecule has 3 rings (SSSR count). The summed E-state index contributed by atoms with van der Waals surface area (Å²) in [4.78, 5) is 16.3. The Labute approximate surface area is 170 Å². The molecule has 0 N–H and O–H groups in total. The molecule has 1 saturated heterocycles. The fourth-order valence-corrected chi connectivity index (χ4v) is 6.17. The number of amides is 1. The molecule has 0 bridgehead atoms. The van der Waals surface area contributed by atoms with Gasteiger partial charge in [-0.25, -0.2) is 8.42 Å². The Morgan fingerprint density at radius 1 is 1.04 bits per heavy atom. The average molecular weight is 423 g/mol. The van der Waals surface area contributed by atoms with Crippen LogP contribution in [0.15, 0.2) is 29.2 Å². The van der Waals surface area contributed by atoms with E-state index in [0.29, 0.717) is 36.8 Å². The van der Waals surface area contributed by atoms with Gasteiger partial charge in [-0.2, -0.15) is 4.31 Å². The smallest absolute Gasteiger partial charge is 0.260 e. The van der Waals surface area contributed by atoms with E-state index in [2.05, 4.69) is 0 Å². The maximum atomic E-state index is 12.9. The minimum atomic E-state index is -3.51. The maximum absolute atomic E-state index is 12.9. The van der Waals surface area contributed by atoms with E-state index in [0.717, 1.165) is 15.3 Å². The lowest BCUT2D eigenvalue weighted by Crippen LogP contribution is -2.51. The van der Waals surface area contributed by atoms with Crippen LogP contribution < -0.4 is 4.74 Å². The highest BCUT2D eigenvalue weighted by Crippen LogP contribution is 2.28. The molecule has 1 aromatic heterocycles. The molecule has 0 aliphatic carbocycles. The summed E-state index contributed by atoms with van der Waals surface area (Å²) in [6, 6.07) is 7.46. The number of sulfonamides is 1. The minimum Gasteiger partial charge on any atom is -0.484 e. The van der Waals surface area contributed by atoms with Crippen molar-refractivity contribution in [1.82, 2.24) is 9.21 Å². The highest BCUT2D eigenvalue weighted by atomic mass is 32.2. The molecule has 8 heteroatoms. The first kappa shape index (κ1) is 20.8. The zero-order chi connectivity index (χ0) is 20.5. The fourth-order valence-electron chi connectivity index (χ4n) is 3.22. The van der Waals surface area contributed by atoms with Gasteiger partial charge in [0.1, 0.15) is 5.75 Å². The summed E-state index contributed by atoms with van der Waals surface area (Å²) in [5.41, 5.74) is 2.29. The molecule has 6 nitrogen and oxygen atoms in total. The molecule has 0 spiro atoms. The number of aryl methyl sites for hydroxylation is 4. The van der Waals surface area contributed by atoms with Crippen molar-refractivity contribution in [2.45, 2.75) is 32.6 Å². The molecule has 0 saturated carbocycles. The van der Waals surface area contributed by atoms with E-state index in [1.807, 2.05) is 45.9 Å². The van der Waals surface area contributed by atoms with Crippen LogP contribution in [0, 0.1) is 27.7 Å². The number of nitrogens with zero attached hydrogens (tertiary/aromatic N) is 2. The van der Waals surface area contributed by atoms with Crippen molar-refractivity contribution < 1.29 is 17.9 Å². The van der Waals surface area contributed by atoms with Crippen molar-refractivity contribution in [1.29, 1.82) is 0 Å². The van der Waals surface area contributed by atoms with E-state index in [1.54, 1.807) is 11.0 Å². The van der Waals surface area contributed by atoms with Gasteiger partial charge in [-0.15, -0.1) is 11.3 Å². The molecule has 1 fully saturated rings. The Kier molecular flexibility index (Phi) is 6.12. The fraction of sp³-hybridized carbons (Fsp3) is 0.450. The van der Waals surface area contributed by atoms with E-state index in [9.17, 15) is 13.2 Å². The summed E-state index contributed by atoms with van der Waals surface area (Å²) in [5.74, 6) is 0.541. The molecule has 152 valence electrons.